The Morgan fingerprint density at radius 2 is 2.33 bits per heavy atom. The average Bonchev–Trinajstić information content (AvgIpc) is 2.59. The number of thiol groups is 1. The number of Topliss-reactive ketones (excluding diaryl/α,β-unsaturated/α-hetero) is 1. The van der Waals surface area contributed by atoms with E-state index in [0.29, 0.717) is 12.2 Å². The van der Waals surface area contributed by atoms with Crippen molar-refractivity contribution in [2.45, 2.75) is 13.3 Å². The number of aryl methyl sites for hydroxylation is 1. The highest BCUT2D eigenvalue weighted by Gasteiger charge is 2.14. The van der Waals surface area contributed by atoms with Crippen LogP contribution in [0, 0.1) is 6.92 Å². The van der Waals surface area contributed by atoms with E-state index in [1.165, 1.54) is 0 Å². The standard InChI is InChI=1S/C11H14O2S2/c1-7-6-15-11(8(2)13-3)10(7)4-9(12)5-14/h6,14H,2,4-5H2,1,3H3. The van der Waals surface area contributed by atoms with Crippen LogP contribution in [0.15, 0.2) is 12.0 Å². The molecule has 0 aromatic carbocycles. The van der Waals surface area contributed by atoms with Crippen molar-refractivity contribution in [2.75, 3.05) is 12.9 Å². The molecule has 0 amide bonds. The molecule has 0 spiro atoms. The van der Waals surface area contributed by atoms with Crippen molar-refractivity contribution in [3.8, 4) is 0 Å². The molecular weight excluding hydrogens is 228 g/mol. The molecule has 0 unspecified atom stereocenters. The van der Waals surface area contributed by atoms with Gasteiger partial charge in [0.2, 0.25) is 0 Å². The summed E-state index contributed by atoms with van der Waals surface area (Å²) in [5, 5.41) is 2.01. The Morgan fingerprint density at radius 1 is 1.67 bits per heavy atom. The van der Waals surface area contributed by atoms with Crippen LogP contribution in [-0.2, 0) is 16.0 Å². The molecule has 0 aliphatic rings. The first-order valence-corrected chi connectivity index (χ1v) is 6.04. The molecule has 0 radical (unpaired) electrons. The summed E-state index contributed by atoms with van der Waals surface area (Å²) in [5.74, 6) is 1.01. The molecule has 1 rings (SSSR count). The fourth-order valence-corrected chi connectivity index (χ4v) is 2.41. The molecule has 0 aliphatic heterocycles. The summed E-state index contributed by atoms with van der Waals surface area (Å²) in [6.45, 7) is 5.80. The second-order valence-corrected chi connectivity index (χ2v) is 4.42. The van der Waals surface area contributed by atoms with E-state index in [0.717, 1.165) is 16.0 Å². The summed E-state index contributed by atoms with van der Waals surface area (Å²) in [5.41, 5.74) is 2.13. The zero-order valence-corrected chi connectivity index (χ0v) is 10.6. The zero-order valence-electron chi connectivity index (χ0n) is 8.87. The highest BCUT2D eigenvalue weighted by Crippen LogP contribution is 2.29. The summed E-state index contributed by atoms with van der Waals surface area (Å²) < 4.78 is 5.09. The predicted octanol–water partition coefficient (Wildman–Crippen LogP) is 2.72. The second-order valence-electron chi connectivity index (χ2n) is 3.23. The smallest absolute Gasteiger partial charge is 0.146 e. The van der Waals surface area contributed by atoms with Gasteiger partial charge in [0.05, 0.1) is 12.0 Å². The van der Waals surface area contributed by atoms with Crippen molar-refractivity contribution in [1.29, 1.82) is 0 Å². The number of rotatable bonds is 5. The quantitative estimate of drug-likeness (QED) is 0.634. The Balaban J connectivity index is 2.99. The van der Waals surface area contributed by atoms with Gasteiger partial charge in [-0.3, -0.25) is 4.79 Å². The van der Waals surface area contributed by atoms with Gasteiger partial charge < -0.3 is 4.74 Å². The minimum atomic E-state index is 0.116. The lowest BCUT2D eigenvalue weighted by atomic mass is 10.1. The van der Waals surface area contributed by atoms with Gasteiger partial charge in [-0.15, -0.1) is 11.3 Å². The predicted molar refractivity (Wildman–Crippen MR) is 67.7 cm³/mol. The molecule has 1 aromatic heterocycles. The van der Waals surface area contributed by atoms with Crippen molar-refractivity contribution in [1.82, 2.24) is 0 Å². The van der Waals surface area contributed by atoms with E-state index in [1.54, 1.807) is 18.4 Å². The maximum absolute atomic E-state index is 11.4. The number of carbonyl (C=O) groups is 1. The molecule has 15 heavy (non-hydrogen) atoms. The number of carbonyl (C=O) groups excluding carboxylic acids is 1. The van der Waals surface area contributed by atoms with Crippen LogP contribution < -0.4 is 0 Å². The molecular formula is C11H14O2S2. The van der Waals surface area contributed by atoms with Crippen LogP contribution in [0.3, 0.4) is 0 Å². The lowest BCUT2D eigenvalue weighted by molar-refractivity contribution is -0.115. The van der Waals surface area contributed by atoms with Gasteiger partial charge in [-0.1, -0.05) is 6.58 Å². The molecule has 0 N–H and O–H groups in total. The fourth-order valence-electron chi connectivity index (χ4n) is 1.27. The fraction of sp³-hybridized carbons (Fsp3) is 0.364. The van der Waals surface area contributed by atoms with E-state index in [9.17, 15) is 4.79 Å². The van der Waals surface area contributed by atoms with Gasteiger partial charge >= 0.3 is 0 Å². The van der Waals surface area contributed by atoms with Crippen LogP contribution in [0.2, 0.25) is 0 Å². The summed E-state index contributed by atoms with van der Waals surface area (Å²) in [6.07, 6.45) is 0.413. The molecule has 82 valence electrons. The topological polar surface area (TPSA) is 26.3 Å². The summed E-state index contributed by atoms with van der Waals surface area (Å²) >= 11 is 5.53. The third kappa shape index (κ3) is 2.86. The highest BCUT2D eigenvalue weighted by molar-refractivity contribution is 7.81. The van der Waals surface area contributed by atoms with E-state index in [2.05, 4.69) is 19.2 Å². The summed E-state index contributed by atoms with van der Waals surface area (Å²) in [4.78, 5) is 12.3. The normalized spacial score (nSPS) is 10.1. The van der Waals surface area contributed by atoms with Gasteiger partial charge in [-0.25, -0.2) is 0 Å². The first-order valence-electron chi connectivity index (χ1n) is 4.53. The average molecular weight is 242 g/mol. The van der Waals surface area contributed by atoms with Gasteiger partial charge in [0, 0.05) is 12.2 Å². The van der Waals surface area contributed by atoms with Crippen molar-refractivity contribution in [3.63, 3.8) is 0 Å². The van der Waals surface area contributed by atoms with Gasteiger partial charge in [0.15, 0.2) is 0 Å². The molecule has 2 nitrogen and oxygen atoms in total. The number of methoxy groups -OCH3 is 1. The van der Waals surface area contributed by atoms with Crippen molar-refractivity contribution >= 4 is 35.5 Å². The second kappa shape index (κ2) is 5.37. The Bertz CT molecular complexity index is 380. The number of ketones is 1. The van der Waals surface area contributed by atoms with Crippen LogP contribution >= 0.6 is 24.0 Å². The number of hydrogen-bond donors (Lipinski definition) is 1. The Hall–Kier alpha value is -0.740. The van der Waals surface area contributed by atoms with Crippen LogP contribution in [0.5, 0.6) is 0 Å². The molecule has 0 fully saturated rings. The molecule has 1 aromatic rings. The lowest BCUT2D eigenvalue weighted by Gasteiger charge is -2.05. The largest absolute Gasteiger partial charge is 0.496 e. The first-order chi connectivity index (χ1) is 7.10. The van der Waals surface area contributed by atoms with Crippen molar-refractivity contribution < 1.29 is 9.53 Å². The Labute approximate surface area is 99.4 Å². The Morgan fingerprint density at radius 3 is 2.87 bits per heavy atom. The zero-order chi connectivity index (χ0) is 11.4. The van der Waals surface area contributed by atoms with Crippen LogP contribution in [0.4, 0.5) is 0 Å². The van der Waals surface area contributed by atoms with Gasteiger partial charge in [0.1, 0.15) is 11.5 Å². The summed E-state index contributed by atoms with van der Waals surface area (Å²) in [7, 11) is 1.58. The van der Waals surface area contributed by atoms with Crippen LogP contribution in [0.25, 0.3) is 5.76 Å². The first kappa shape index (κ1) is 12.3. The van der Waals surface area contributed by atoms with Crippen LogP contribution in [0.1, 0.15) is 16.0 Å². The minimum Gasteiger partial charge on any atom is -0.496 e. The summed E-state index contributed by atoms with van der Waals surface area (Å²) in [6, 6.07) is 0. The molecule has 0 aliphatic carbocycles. The van der Waals surface area contributed by atoms with E-state index in [1.807, 2.05) is 12.3 Å². The maximum Gasteiger partial charge on any atom is 0.146 e. The molecule has 0 atom stereocenters. The molecule has 0 saturated carbocycles. The minimum absolute atomic E-state index is 0.116. The SMILES string of the molecule is C=C(OC)c1scc(C)c1CC(=O)CS. The highest BCUT2D eigenvalue weighted by atomic mass is 32.1. The molecule has 4 heteroatoms. The van der Waals surface area contributed by atoms with Crippen LogP contribution in [-0.4, -0.2) is 18.6 Å². The van der Waals surface area contributed by atoms with Crippen molar-refractivity contribution in [2.24, 2.45) is 0 Å². The molecule has 0 bridgehead atoms. The number of hydrogen-bond acceptors (Lipinski definition) is 4. The van der Waals surface area contributed by atoms with Gasteiger partial charge in [-0.05, 0) is 23.4 Å². The monoisotopic (exact) mass is 242 g/mol. The molecule has 1 heterocycles. The molecule has 0 saturated heterocycles. The van der Waals surface area contributed by atoms with E-state index in [4.69, 9.17) is 4.74 Å². The third-order valence-corrected chi connectivity index (χ3v) is 3.69. The third-order valence-electron chi connectivity index (χ3n) is 2.15. The van der Waals surface area contributed by atoms with E-state index in [-0.39, 0.29) is 11.5 Å². The van der Waals surface area contributed by atoms with E-state index < -0.39 is 0 Å². The lowest BCUT2D eigenvalue weighted by Crippen LogP contribution is -2.05. The van der Waals surface area contributed by atoms with Crippen molar-refractivity contribution in [3.05, 3.63) is 28.0 Å². The maximum atomic E-state index is 11.4. The number of ether oxygens (including phenoxy) is 1. The number of thiophene rings is 1. The Kier molecular flexibility index (Phi) is 4.42. The van der Waals surface area contributed by atoms with Gasteiger partial charge in [-0.2, -0.15) is 12.6 Å². The van der Waals surface area contributed by atoms with E-state index >= 15 is 0 Å². The van der Waals surface area contributed by atoms with Gasteiger partial charge in [0.25, 0.3) is 0 Å².